The number of hydrogen-bond acceptors (Lipinski definition) is 4. The lowest BCUT2D eigenvalue weighted by Gasteiger charge is -2.32. The third-order valence-electron chi connectivity index (χ3n) is 3.54. The molecule has 0 bridgehead atoms. The van der Waals surface area contributed by atoms with Crippen LogP contribution in [0.2, 0.25) is 5.02 Å². The lowest BCUT2D eigenvalue weighted by Crippen LogP contribution is -2.34. The standard InChI is InChI=1S/C16H20ClN3OS/c1-10(2)15(11-6-4-5-7-12(11)17)20(3)16(21)13-9-22-14(8-18)19-13/h4-7,9-10,15H,8,18H2,1-3H3/t15-/m0/s1. The molecule has 1 heterocycles. The third kappa shape index (κ3) is 3.48. The Balaban J connectivity index is 2.32. The van der Waals surface area contributed by atoms with Gasteiger partial charge in [-0.2, -0.15) is 0 Å². The Labute approximate surface area is 139 Å². The van der Waals surface area contributed by atoms with Gasteiger partial charge < -0.3 is 10.6 Å². The van der Waals surface area contributed by atoms with Gasteiger partial charge in [-0.05, 0) is 17.5 Å². The van der Waals surface area contributed by atoms with Gasteiger partial charge in [-0.15, -0.1) is 11.3 Å². The number of carbonyl (C=O) groups excluding carboxylic acids is 1. The van der Waals surface area contributed by atoms with Gasteiger partial charge in [0.1, 0.15) is 10.7 Å². The molecule has 0 spiro atoms. The zero-order valence-electron chi connectivity index (χ0n) is 12.9. The number of nitrogens with two attached hydrogens (primary N) is 1. The van der Waals surface area contributed by atoms with Gasteiger partial charge in [-0.25, -0.2) is 4.98 Å². The van der Waals surface area contributed by atoms with E-state index in [0.29, 0.717) is 17.3 Å². The van der Waals surface area contributed by atoms with Crippen LogP contribution < -0.4 is 5.73 Å². The van der Waals surface area contributed by atoms with Gasteiger partial charge in [0.05, 0.1) is 6.04 Å². The first-order chi connectivity index (χ1) is 10.5. The summed E-state index contributed by atoms with van der Waals surface area (Å²) in [5.41, 5.74) is 6.95. The molecule has 1 atom stereocenters. The van der Waals surface area contributed by atoms with Crippen molar-refractivity contribution in [3.05, 3.63) is 50.9 Å². The minimum Gasteiger partial charge on any atom is -0.333 e. The Morgan fingerprint density at radius 1 is 1.41 bits per heavy atom. The normalized spacial score (nSPS) is 12.5. The summed E-state index contributed by atoms with van der Waals surface area (Å²) in [6.07, 6.45) is 0. The quantitative estimate of drug-likeness (QED) is 0.904. The van der Waals surface area contributed by atoms with E-state index in [1.165, 1.54) is 11.3 Å². The van der Waals surface area contributed by atoms with E-state index in [4.69, 9.17) is 17.3 Å². The van der Waals surface area contributed by atoms with E-state index in [0.717, 1.165) is 10.6 Å². The van der Waals surface area contributed by atoms with Crippen molar-refractivity contribution in [2.24, 2.45) is 11.7 Å². The second-order valence-corrected chi connectivity index (χ2v) is 6.81. The minimum absolute atomic E-state index is 0.107. The van der Waals surface area contributed by atoms with Gasteiger partial charge in [0, 0.05) is 24.0 Å². The summed E-state index contributed by atoms with van der Waals surface area (Å²) in [4.78, 5) is 18.7. The average Bonchev–Trinajstić information content (AvgIpc) is 2.97. The maximum Gasteiger partial charge on any atom is 0.273 e. The Morgan fingerprint density at radius 3 is 2.64 bits per heavy atom. The molecule has 4 nitrogen and oxygen atoms in total. The summed E-state index contributed by atoms with van der Waals surface area (Å²) in [6.45, 7) is 4.49. The number of rotatable bonds is 5. The summed E-state index contributed by atoms with van der Waals surface area (Å²) in [7, 11) is 1.79. The smallest absolute Gasteiger partial charge is 0.273 e. The van der Waals surface area contributed by atoms with Crippen LogP contribution in [0.5, 0.6) is 0 Å². The Morgan fingerprint density at radius 2 is 2.09 bits per heavy atom. The lowest BCUT2D eigenvalue weighted by molar-refractivity contribution is 0.0682. The highest BCUT2D eigenvalue weighted by atomic mass is 35.5. The van der Waals surface area contributed by atoms with Crippen molar-refractivity contribution < 1.29 is 4.79 Å². The van der Waals surface area contributed by atoms with Gasteiger partial charge in [0.25, 0.3) is 5.91 Å². The Kier molecular flexibility index (Phi) is 5.56. The molecule has 118 valence electrons. The van der Waals surface area contributed by atoms with Gasteiger partial charge in [0.15, 0.2) is 0 Å². The summed E-state index contributed by atoms with van der Waals surface area (Å²) in [6, 6.07) is 7.52. The maximum absolute atomic E-state index is 12.7. The fourth-order valence-corrected chi connectivity index (χ4v) is 3.44. The first kappa shape index (κ1) is 16.9. The van der Waals surface area contributed by atoms with E-state index < -0.39 is 0 Å². The first-order valence-electron chi connectivity index (χ1n) is 7.11. The Hall–Kier alpha value is -1.43. The molecule has 1 aromatic carbocycles. The van der Waals surface area contributed by atoms with Crippen LogP contribution in [0.25, 0.3) is 0 Å². The summed E-state index contributed by atoms with van der Waals surface area (Å²) in [5, 5.41) is 3.18. The molecule has 2 aromatic rings. The van der Waals surface area contributed by atoms with Crippen LogP contribution in [0.4, 0.5) is 0 Å². The van der Waals surface area contributed by atoms with Crippen LogP contribution in [-0.2, 0) is 6.54 Å². The van der Waals surface area contributed by atoms with Gasteiger partial charge in [-0.3, -0.25) is 4.79 Å². The van der Waals surface area contributed by atoms with Gasteiger partial charge in [0.2, 0.25) is 0 Å². The van der Waals surface area contributed by atoms with Crippen LogP contribution in [0, 0.1) is 5.92 Å². The molecule has 0 radical (unpaired) electrons. The molecular weight excluding hydrogens is 318 g/mol. The molecule has 2 rings (SSSR count). The monoisotopic (exact) mass is 337 g/mol. The fraction of sp³-hybridized carbons (Fsp3) is 0.375. The SMILES string of the molecule is CC(C)[C@@H](c1ccccc1Cl)N(C)C(=O)c1csc(CN)n1. The molecule has 0 fully saturated rings. The number of amides is 1. The molecule has 1 amide bonds. The molecule has 22 heavy (non-hydrogen) atoms. The number of hydrogen-bond donors (Lipinski definition) is 1. The molecule has 0 saturated heterocycles. The van der Waals surface area contributed by atoms with Crippen LogP contribution in [0.15, 0.2) is 29.6 Å². The van der Waals surface area contributed by atoms with E-state index in [1.807, 2.05) is 24.3 Å². The highest BCUT2D eigenvalue weighted by molar-refractivity contribution is 7.09. The molecule has 0 aliphatic carbocycles. The highest BCUT2D eigenvalue weighted by Crippen LogP contribution is 2.33. The van der Waals surface area contributed by atoms with Crippen molar-refractivity contribution in [2.75, 3.05) is 7.05 Å². The fourth-order valence-electron chi connectivity index (χ4n) is 2.54. The predicted octanol–water partition coefficient (Wildman–Crippen LogP) is 3.72. The molecule has 0 unspecified atom stereocenters. The second-order valence-electron chi connectivity index (χ2n) is 5.46. The van der Waals surface area contributed by atoms with Crippen molar-refractivity contribution in [3.8, 4) is 0 Å². The number of halogens is 1. The molecule has 0 aliphatic heterocycles. The molecule has 2 N–H and O–H groups in total. The largest absolute Gasteiger partial charge is 0.333 e. The molecule has 0 saturated carbocycles. The van der Waals surface area contributed by atoms with Crippen LogP contribution in [0.3, 0.4) is 0 Å². The summed E-state index contributed by atoms with van der Waals surface area (Å²) >= 11 is 7.72. The highest BCUT2D eigenvalue weighted by Gasteiger charge is 2.28. The average molecular weight is 338 g/mol. The van der Waals surface area contributed by atoms with E-state index >= 15 is 0 Å². The molecule has 6 heteroatoms. The Bertz CT molecular complexity index is 656. The lowest BCUT2D eigenvalue weighted by atomic mass is 9.94. The molecule has 0 aliphatic rings. The zero-order valence-corrected chi connectivity index (χ0v) is 14.5. The number of benzene rings is 1. The number of aromatic nitrogens is 1. The summed E-state index contributed by atoms with van der Waals surface area (Å²) < 4.78 is 0. The van der Waals surface area contributed by atoms with Crippen molar-refractivity contribution in [3.63, 3.8) is 0 Å². The first-order valence-corrected chi connectivity index (χ1v) is 8.37. The van der Waals surface area contributed by atoms with Gasteiger partial charge >= 0.3 is 0 Å². The maximum atomic E-state index is 12.7. The van der Waals surface area contributed by atoms with E-state index in [9.17, 15) is 4.79 Å². The number of carbonyl (C=O) groups is 1. The van der Waals surface area contributed by atoms with Crippen LogP contribution in [-0.4, -0.2) is 22.8 Å². The van der Waals surface area contributed by atoms with Crippen molar-refractivity contribution >= 4 is 28.8 Å². The van der Waals surface area contributed by atoms with Crippen LogP contribution >= 0.6 is 22.9 Å². The van der Waals surface area contributed by atoms with E-state index in [1.54, 1.807) is 17.3 Å². The second kappa shape index (κ2) is 7.22. The summed E-state index contributed by atoms with van der Waals surface area (Å²) in [5.74, 6) is 0.107. The van der Waals surface area contributed by atoms with Crippen LogP contribution in [0.1, 0.15) is 40.9 Å². The van der Waals surface area contributed by atoms with E-state index in [-0.39, 0.29) is 17.9 Å². The zero-order chi connectivity index (χ0) is 16.3. The van der Waals surface area contributed by atoms with Crippen molar-refractivity contribution in [1.82, 2.24) is 9.88 Å². The topological polar surface area (TPSA) is 59.2 Å². The molecule has 1 aromatic heterocycles. The van der Waals surface area contributed by atoms with Crippen molar-refractivity contribution in [1.29, 1.82) is 0 Å². The van der Waals surface area contributed by atoms with Gasteiger partial charge in [-0.1, -0.05) is 43.6 Å². The molecular formula is C16H20ClN3OS. The predicted molar refractivity (Wildman–Crippen MR) is 91.1 cm³/mol. The third-order valence-corrected chi connectivity index (χ3v) is 4.75. The number of nitrogens with zero attached hydrogens (tertiary/aromatic N) is 2. The van der Waals surface area contributed by atoms with E-state index in [2.05, 4.69) is 18.8 Å². The van der Waals surface area contributed by atoms with Crippen molar-refractivity contribution in [2.45, 2.75) is 26.4 Å². The minimum atomic E-state index is -0.116. The number of thiazole rings is 1.